The van der Waals surface area contributed by atoms with Crippen molar-refractivity contribution in [3.05, 3.63) is 133 Å². The lowest BCUT2D eigenvalue weighted by Gasteiger charge is -2.15. The fourth-order valence-electron chi connectivity index (χ4n) is 3.91. The molecule has 2 heterocycles. The van der Waals surface area contributed by atoms with Crippen molar-refractivity contribution in [1.82, 2.24) is 15.0 Å². The lowest BCUT2D eigenvalue weighted by atomic mass is 10.1. The Kier molecular flexibility index (Phi) is 6.08. The molecule has 0 aliphatic heterocycles. The summed E-state index contributed by atoms with van der Waals surface area (Å²) in [6, 6.07) is 36.1. The van der Waals surface area contributed by atoms with E-state index in [4.69, 9.17) is 0 Å². The van der Waals surface area contributed by atoms with Crippen LogP contribution >= 0.6 is 0 Å². The highest BCUT2D eigenvalue weighted by Gasteiger charge is 2.18. The quantitative estimate of drug-likeness (QED) is 0.260. The van der Waals surface area contributed by atoms with Gasteiger partial charge in [0.25, 0.3) is 5.91 Å². The Balaban J connectivity index is 1.64. The summed E-state index contributed by atoms with van der Waals surface area (Å²) in [7, 11) is 0. The summed E-state index contributed by atoms with van der Waals surface area (Å²) in [5.41, 5.74) is 9.23. The van der Waals surface area contributed by atoms with E-state index in [2.05, 4.69) is 62.5 Å². The molecule has 164 valence electrons. The summed E-state index contributed by atoms with van der Waals surface area (Å²) >= 11 is 0. The minimum Gasteiger partial charge on any atom is -0.309 e. The Morgan fingerprint density at radius 1 is 0.765 bits per heavy atom. The van der Waals surface area contributed by atoms with Crippen molar-refractivity contribution in [2.75, 3.05) is 0 Å². The van der Waals surface area contributed by atoms with Crippen molar-refractivity contribution in [1.29, 1.82) is 0 Å². The molecule has 5 rings (SSSR count). The molecule has 0 aliphatic carbocycles. The molecule has 0 bridgehead atoms. The topological polar surface area (TPSA) is 59.3 Å². The molecule has 34 heavy (non-hydrogen) atoms. The van der Waals surface area contributed by atoms with E-state index in [1.807, 2.05) is 54.6 Å². The van der Waals surface area contributed by atoms with Gasteiger partial charge in [-0.15, -0.1) is 0 Å². The number of benzene rings is 3. The minimum atomic E-state index is -0.286. The molecular weight excluding hydrogens is 420 g/mol. The molecule has 0 saturated carbocycles. The molecule has 5 aromatic rings. The predicted molar refractivity (Wildman–Crippen MR) is 136 cm³/mol. The summed E-state index contributed by atoms with van der Waals surface area (Å²) in [6.07, 6.45) is 4.86. The molecule has 3 aromatic carbocycles. The van der Waals surface area contributed by atoms with E-state index < -0.39 is 0 Å². The smallest absolute Gasteiger partial charge is 0.271 e. The van der Waals surface area contributed by atoms with Gasteiger partial charge < -0.3 is 4.57 Å². The largest absolute Gasteiger partial charge is 0.309 e. The highest BCUT2D eigenvalue weighted by atomic mass is 16.2. The predicted octanol–water partition coefficient (Wildman–Crippen LogP) is 5.97. The zero-order valence-electron chi connectivity index (χ0n) is 18.4. The van der Waals surface area contributed by atoms with Crippen LogP contribution in [0.25, 0.3) is 28.2 Å². The molecule has 0 spiro atoms. The molecule has 5 heteroatoms. The number of hydrogen-bond donors (Lipinski definition) is 1. The van der Waals surface area contributed by atoms with Gasteiger partial charge in [-0.05, 0) is 41.5 Å². The number of pyridine rings is 1. The first kappa shape index (κ1) is 21.1. The minimum absolute atomic E-state index is 0.286. The molecule has 0 radical (unpaired) electrons. The zero-order chi connectivity index (χ0) is 23.2. The van der Waals surface area contributed by atoms with Crippen molar-refractivity contribution >= 4 is 12.1 Å². The summed E-state index contributed by atoms with van der Waals surface area (Å²) in [5.74, 6) is -0.286. The third kappa shape index (κ3) is 4.40. The van der Waals surface area contributed by atoms with Gasteiger partial charge in [0.05, 0.1) is 17.6 Å². The normalized spacial score (nSPS) is 10.9. The van der Waals surface area contributed by atoms with Gasteiger partial charge >= 0.3 is 0 Å². The number of amides is 1. The number of hydrazone groups is 1. The monoisotopic (exact) mass is 442 g/mol. The van der Waals surface area contributed by atoms with E-state index in [0.717, 1.165) is 33.8 Å². The average Bonchev–Trinajstić information content (AvgIpc) is 3.30. The molecule has 5 nitrogen and oxygen atoms in total. The van der Waals surface area contributed by atoms with Gasteiger partial charge in [-0.25, -0.2) is 5.43 Å². The van der Waals surface area contributed by atoms with Gasteiger partial charge in [-0.1, -0.05) is 78.9 Å². The standard InChI is InChI=1S/C29H22N4O/c34-29(24-16-18-30-19-17-24)32-31-21-25-20-27(22-10-4-1-5-11-22)33(26-14-8-3-9-15-26)28(25)23-12-6-2-7-13-23/h1-21H,(H,32,34)/b31-21-. The van der Waals surface area contributed by atoms with Gasteiger partial charge in [-0.3, -0.25) is 9.78 Å². The second-order valence-corrected chi connectivity index (χ2v) is 7.67. The van der Waals surface area contributed by atoms with Crippen molar-refractivity contribution < 1.29 is 4.79 Å². The van der Waals surface area contributed by atoms with Crippen molar-refractivity contribution in [2.24, 2.45) is 5.10 Å². The molecule has 0 atom stereocenters. The van der Waals surface area contributed by atoms with Gasteiger partial charge in [0.2, 0.25) is 0 Å². The van der Waals surface area contributed by atoms with Crippen molar-refractivity contribution in [2.45, 2.75) is 0 Å². The highest BCUT2D eigenvalue weighted by Crippen LogP contribution is 2.35. The Bertz CT molecular complexity index is 1410. The second-order valence-electron chi connectivity index (χ2n) is 7.67. The van der Waals surface area contributed by atoms with Crippen LogP contribution in [0.5, 0.6) is 0 Å². The SMILES string of the molecule is O=C(N/N=C\c1cc(-c2ccccc2)n(-c2ccccc2)c1-c1ccccc1)c1ccncc1. The maximum Gasteiger partial charge on any atom is 0.271 e. The molecule has 0 aliphatic rings. The van der Waals surface area contributed by atoms with Gasteiger partial charge in [-0.2, -0.15) is 5.10 Å². The van der Waals surface area contributed by atoms with Crippen LogP contribution in [0.1, 0.15) is 15.9 Å². The van der Waals surface area contributed by atoms with Gasteiger partial charge in [0.1, 0.15) is 0 Å². The fraction of sp³-hybridized carbons (Fsp3) is 0. The number of carbonyl (C=O) groups excluding carboxylic acids is 1. The molecule has 1 N–H and O–H groups in total. The number of para-hydroxylation sites is 1. The van der Waals surface area contributed by atoms with Crippen LogP contribution in [-0.4, -0.2) is 21.7 Å². The van der Waals surface area contributed by atoms with E-state index in [-0.39, 0.29) is 5.91 Å². The lowest BCUT2D eigenvalue weighted by molar-refractivity contribution is 0.0955. The Morgan fingerprint density at radius 3 is 2.00 bits per heavy atom. The first-order valence-electron chi connectivity index (χ1n) is 11.0. The first-order chi connectivity index (χ1) is 16.8. The molecule has 0 fully saturated rings. The lowest BCUT2D eigenvalue weighted by Crippen LogP contribution is -2.17. The van der Waals surface area contributed by atoms with Crippen LogP contribution in [0.15, 0.2) is 127 Å². The maximum absolute atomic E-state index is 12.4. The summed E-state index contributed by atoms with van der Waals surface area (Å²) < 4.78 is 2.23. The number of aromatic nitrogens is 2. The number of rotatable bonds is 6. The van der Waals surface area contributed by atoms with Crippen molar-refractivity contribution in [3.8, 4) is 28.2 Å². The molecular formula is C29H22N4O. The zero-order valence-corrected chi connectivity index (χ0v) is 18.4. The molecule has 0 saturated heterocycles. The van der Waals surface area contributed by atoms with E-state index in [9.17, 15) is 4.79 Å². The van der Waals surface area contributed by atoms with Crippen LogP contribution in [0.3, 0.4) is 0 Å². The van der Waals surface area contributed by atoms with Crippen molar-refractivity contribution in [3.63, 3.8) is 0 Å². The Hall–Kier alpha value is -4.77. The van der Waals surface area contributed by atoms with E-state index in [1.165, 1.54) is 0 Å². The molecule has 2 aromatic heterocycles. The number of carbonyl (C=O) groups is 1. The maximum atomic E-state index is 12.4. The van der Waals surface area contributed by atoms with Crippen LogP contribution < -0.4 is 5.43 Å². The fourth-order valence-corrected chi connectivity index (χ4v) is 3.91. The first-order valence-corrected chi connectivity index (χ1v) is 11.0. The van der Waals surface area contributed by atoms with Crippen LogP contribution in [0.4, 0.5) is 0 Å². The third-order valence-electron chi connectivity index (χ3n) is 5.47. The van der Waals surface area contributed by atoms with E-state index in [0.29, 0.717) is 5.56 Å². The Morgan fingerprint density at radius 2 is 1.35 bits per heavy atom. The van der Waals surface area contributed by atoms with E-state index in [1.54, 1.807) is 30.7 Å². The number of nitrogens with zero attached hydrogens (tertiary/aromatic N) is 3. The van der Waals surface area contributed by atoms with Gasteiger partial charge in [0.15, 0.2) is 0 Å². The number of hydrogen-bond acceptors (Lipinski definition) is 3. The van der Waals surface area contributed by atoms with Crippen LogP contribution in [-0.2, 0) is 0 Å². The summed E-state index contributed by atoms with van der Waals surface area (Å²) in [4.78, 5) is 16.4. The Labute approximate surface area is 198 Å². The third-order valence-corrected chi connectivity index (χ3v) is 5.47. The van der Waals surface area contributed by atoms with E-state index >= 15 is 0 Å². The van der Waals surface area contributed by atoms with Crippen LogP contribution in [0, 0.1) is 0 Å². The average molecular weight is 443 g/mol. The van der Waals surface area contributed by atoms with Crippen LogP contribution in [0.2, 0.25) is 0 Å². The molecule has 1 amide bonds. The second kappa shape index (κ2) is 9.79. The summed E-state index contributed by atoms with van der Waals surface area (Å²) in [6.45, 7) is 0. The molecule has 0 unspecified atom stereocenters. The summed E-state index contributed by atoms with van der Waals surface area (Å²) in [5, 5.41) is 4.29. The number of nitrogens with one attached hydrogen (secondary N) is 1. The highest BCUT2D eigenvalue weighted by molar-refractivity contribution is 5.97. The van der Waals surface area contributed by atoms with Gasteiger partial charge in [0, 0.05) is 29.2 Å².